The maximum Gasteiger partial charge on any atom is 0.145 e. The summed E-state index contributed by atoms with van der Waals surface area (Å²) in [7, 11) is 0. The number of nitriles is 1. The molecule has 90 valence electrons. The molecule has 0 radical (unpaired) electrons. The monoisotopic (exact) mass is 277 g/mol. The second kappa shape index (κ2) is 5.30. The third-order valence-electron chi connectivity index (χ3n) is 2.42. The molecule has 0 N–H and O–H groups in total. The second-order valence-corrected chi connectivity index (χ2v) is 4.61. The maximum absolute atomic E-state index is 9.01. The predicted molar refractivity (Wildman–Crippen MR) is 72.4 cm³/mol. The average Bonchev–Trinajstić information content (AvgIpc) is 2.36. The third kappa shape index (κ3) is 2.76. The minimum absolute atomic E-state index is 0.398. The normalized spacial score (nSPS) is 9.89. The lowest BCUT2D eigenvalue weighted by atomic mass is 10.2. The summed E-state index contributed by atoms with van der Waals surface area (Å²) < 4.78 is 5.65. The van der Waals surface area contributed by atoms with E-state index in [1.54, 1.807) is 30.3 Å². The molecule has 0 saturated carbocycles. The van der Waals surface area contributed by atoms with Crippen LogP contribution in [0.25, 0.3) is 0 Å². The van der Waals surface area contributed by atoms with Gasteiger partial charge in [0.15, 0.2) is 0 Å². The van der Waals surface area contributed by atoms with Crippen LogP contribution in [0.5, 0.6) is 11.5 Å². The van der Waals surface area contributed by atoms with Gasteiger partial charge >= 0.3 is 0 Å². The lowest BCUT2D eigenvalue weighted by molar-refractivity contribution is 0.480. The molecule has 0 aliphatic carbocycles. The van der Waals surface area contributed by atoms with Crippen molar-refractivity contribution in [2.45, 2.75) is 6.92 Å². The van der Waals surface area contributed by atoms with Gasteiger partial charge in [-0.2, -0.15) is 5.26 Å². The summed E-state index contributed by atoms with van der Waals surface area (Å²) in [6, 6.07) is 12.3. The van der Waals surface area contributed by atoms with E-state index in [2.05, 4.69) is 0 Å². The molecule has 0 atom stereocenters. The number of hydrogen-bond donors (Lipinski definition) is 0. The summed E-state index contributed by atoms with van der Waals surface area (Å²) in [6.45, 7) is 1.89. The average molecular weight is 278 g/mol. The maximum atomic E-state index is 9.01. The Kier molecular flexibility index (Phi) is 3.76. The molecule has 0 spiro atoms. The molecule has 0 bridgehead atoms. The fourth-order valence-corrected chi connectivity index (χ4v) is 1.78. The molecule has 18 heavy (non-hydrogen) atoms. The summed E-state index contributed by atoms with van der Waals surface area (Å²) in [5.41, 5.74) is 1.32. The van der Waals surface area contributed by atoms with Crippen molar-refractivity contribution in [2.75, 3.05) is 0 Å². The summed E-state index contributed by atoms with van der Waals surface area (Å²) in [5, 5.41) is 10.2. The summed E-state index contributed by atoms with van der Waals surface area (Å²) in [5.74, 6) is 1.11. The number of halogens is 2. The zero-order valence-corrected chi connectivity index (χ0v) is 11.1. The first kappa shape index (κ1) is 12.8. The van der Waals surface area contributed by atoms with Crippen LogP contribution >= 0.6 is 23.2 Å². The van der Waals surface area contributed by atoms with Crippen LogP contribution in [0.3, 0.4) is 0 Å². The number of nitrogens with zero attached hydrogens (tertiary/aromatic N) is 1. The van der Waals surface area contributed by atoms with E-state index in [1.807, 2.05) is 19.1 Å². The van der Waals surface area contributed by atoms with E-state index < -0.39 is 0 Å². The molecule has 0 amide bonds. The van der Waals surface area contributed by atoms with Crippen LogP contribution in [0.4, 0.5) is 0 Å². The second-order valence-electron chi connectivity index (χ2n) is 3.77. The van der Waals surface area contributed by atoms with Crippen molar-refractivity contribution in [3.63, 3.8) is 0 Å². The molecular formula is C14H9Cl2NO. The number of rotatable bonds is 2. The van der Waals surface area contributed by atoms with Crippen molar-refractivity contribution in [3.8, 4) is 17.6 Å². The number of aryl methyl sites for hydroxylation is 1. The minimum atomic E-state index is 0.398. The summed E-state index contributed by atoms with van der Waals surface area (Å²) in [6.07, 6.45) is 0. The Morgan fingerprint density at radius 1 is 1.11 bits per heavy atom. The number of hydrogen-bond acceptors (Lipinski definition) is 2. The SMILES string of the molecule is Cc1cc(Oc2ccc(Cl)cc2C#N)ccc1Cl. The number of benzene rings is 2. The van der Waals surface area contributed by atoms with Crippen LogP contribution in [0.1, 0.15) is 11.1 Å². The summed E-state index contributed by atoms with van der Waals surface area (Å²) in [4.78, 5) is 0. The smallest absolute Gasteiger partial charge is 0.145 e. The molecule has 0 heterocycles. The van der Waals surface area contributed by atoms with E-state index in [0.717, 1.165) is 5.56 Å². The topological polar surface area (TPSA) is 33.0 Å². The highest BCUT2D eigenvalue weighted by molar-refractivity contribution is 6.31. The molecular weight excluding hydrogens is 269 g/mol. The van der Waals surface area contributed by atoms with Gasteiger partial charge in [0.25, 0.3) is 0 Å². The predicted octanol–water partition coefficient (Wildman–Crippen LogP) is 4.97. The van der Waals surface area contributed by atoms with Crippen molar-refractivity contribution < 1.29 is 4.74 Å². The molecule has 0 saturated heterocycles. The Bertz CT molecular complexity index is 632. The van der Waals surface area contributed by atoms with Crippen LogP contribution in [0, 0.1) is 18.3 Å². The zero-order valence-electron chi connectivity index (χ0n) is 9.58. The fourth-order valence-electron chi connectivity index (χ4n) is 1.49. The molecule has 0 aromatic heterocycles. The van der Waals surface area contributed by atoms with Crippen LogP contribution < -0.4 is 4.74 Å². The van der Waals surface area contributed by atoms with Gasteiger partial charge in [-0.05, 0) is 48.9 Å². The lowest BCUT2D eigenvalue weighted by Crippen LogP contribution is -1.89. The molecule has 0 aliphatic rings. The van der Waals surface area contributed by atoms with Crippen molar-refractivity contribution in [1.29, 1.82) is 5.26 Å². The van der Waals surface area contributed by atoms with Gasteiger partial charge in [0.2, 0.25) is 0 Å². The standard InChI is InChI=1S/C14H9Cl2NO/c1-9-6-12(3-4-13(9)16)18-14-5-2-11(15)7-10(14)8-17/h2-7H,1H3. The van der Waals surface area contributed by atoms with Gasteiger partial charge in [-0.3, -0.25) is 0 Å². The third-order valence-corrected chi connectivity index (χ3v) is 3.08. The van der Waals surface area contributed by atoms with Crippen molar-refractivity contribution in [3.05, 3.63) is 57.6 Å². The van der Waals surface area contributed by atoms with Crippen LogP contribution in [0.2, 0.25) is 10.0 Å². The first-order valence-electron chi connectivity index (χ1n) is 5.24. The molecule has 0 fully saturated rings. The zero-order chi connectivity index (χ0) is 13.1. The highest BCUT2D eigenvalue weighted by Crippen LogP contribution is 2.29. The van der Waals surface area contributed by atoms with Crippen molar-refractivity contribution in [1.82, 2.24) is 0 Å². The highest BCUT2D eigenvalue weighted by Gasteiger charge is 2.06. The molecule has 0 aliphatic heterocycles. The Morgan fingerprint density at radius 3 is 2.56 bits per heavy atom. The lowest BCUT2D eigenvalue weighted by Gasteiger charge is -2.08. The first-order valence-corrected chi connectivity index (χ1v) is 5.99. The van der Waals surface area contributed by atoms with Gasteiger partial charge in [0.1, 0.15) is 17.6 Å². The van der Waals surface area contributed by atoms with E-state index in [-0.39, 0.29) is 0 Å². The van der Waals surface area contributed by atoms with E-state index in [1.165, 1.54) is 0 Å². The van der Waals surface area contributed by atoms with Gasteiger partial charge in [-0.15, -0.1) is 0 Å². The van der Waals surface area contributed by atoms with E-state index in [0.29, 0.717) is 27.1 Å². The minimum Gasteiger partial charge on any atom is -0.456 e. The van der Waals surface area contributed by atoms with Crippen LogP contribution in [0.15, 0.2) is 36.4 Å². The van der Waals surface area contributed by atoms with Gasteiger partial charge in [0.05, 0.1) is 5.56 Å². The largest absolute Gasteiger partial charge is 0.456 e. The molecule has 0 unspecified atom stereocenters. The quantitative estimate of drug-likeness (QED) is 0.777. The molecule has 4 heteroatoms. The Morgan fingerprint density at radius 2 is 1.89 bits per heavy atom. The van der Waals surface area contributed by atoms with Crippen molar-refractivity contribution >= 4 is 23.2 Å². The first-order chi connectivity index (χ1) is 8.60. The van der Waals surface area contributed by atoms with Gasteiger partial charge in [-0.1, -0.05) is 23.2 Å². The Labute approximate surface area is 115 Å². The number of ether oxygens (including phenoxy) is 1. The molecule has 2 nitrogen and oxygen atoms in total. The Hall–Kier alpha value is -1.69. The van der Waals surface area contributed by atoms with Crippen LogP contribution in [-0.2, 0) is 0 Å². The van der Waals surface area contributed by atoms with Gasteiger partial charge in [-0.25, -0.2) is 0 Å². The molecule has 2 aromatic rings. The van der Waals surface area contributed by atoms with E-state index in [4.69, 9.17) is 33.2 Å². The van der Waals surface area contributed by atoms with Crippen molar-refractivity contribution in [2.24, 2.45) is 0 Å². The molecule has 2 aromatic carbocycles. The fraction of sp³-hybridized carbons (Fsp3) is 0.0714. The van der Waals surface area contributed by atoms with E-state index in [9.17, 15) is 0 Å². The Balaban J connectivity index is 2.34. The van der Waals surface area contributed by atoms with Crippen LogP contribution in [-0.4, -0.2) is 0 Å². The molecule has 2 rings (SSSR count). The summed E-state index contributed by atoms with van der Waals surface area (Å²) >= 11 is 11.8. The highest BCUT2D eigenvalue weighted by atomic mass is 35.5. The van der Waals surface area contributed by atoms with E-state index >= 15 is 0 Å². The van der Waals surface area contributed by atoms with Gasteiger partial charge in [0, 0.05) is 10.0 Å². The van der Waals surface area contributed by atoms with Gasteiger partial charge < -0.3 is 4.74 Å².